The largest absolute Gasteiger partial charge is 0.322 e. The van der Waals surface area contributed by atoms with Crippen LogP contribution in [0.5, 0.6) is 0 Å². The van der Waals surface area contributed by atoms with Gasteiger partial charge in [0.2, 0.25) is 10.0 Å². The summed E-state index contributed by atoms with van der Waals surface area (Å²) >= 11 is 0. The molecule has 0 aliphatic heterocycles. The zero-order valence-corrected chi connectivity index (χ0v) is 13.2. The molecule has 0 radical (unpaired) electrons. The number of nitrogens with one attached hydrogen (secondary N) is 1. The topological polar surface area (TPSA) is 66.5 Å². The lowest BCUT2D eigenvalue weighted by Crippen LogP contribution is -2.22. The van der Waals surface area contributed by atoms with Gasteiger partial charge in [-0.1, -0.05) is 0 Å². The molecule has 2 aromatic carbocycles. The standard InChI is InChI=1S/C15H14F2N2O3S/c1-19(2)23(21,22)12-6-4-11(5-7-12)18-15(20)10-3-8-13(16)14(17)9-10/h3-9H,1-2H3,(H,18,20). The highest BCUT2D eigenvalue weighted by atomic mass is 32.2. The van der Waals surface area contributed by atoms with Crippen molar-refractivity contribution < 1.29 is 22.0 Å². The summed E-state index contributed by atoms with van der Waals surface area (Å²) < 4.78 is 50.9. The minimum absolute atomic E-state index is 0.0473. The predicted octanol–water partition coefficient (Wildman–Crippen LogP) is 2.47. The quantitative estimate of drug-likeness (QED) is 0.930. The fourth-order valence-corrected chi connectivity index (χ4v) is 2.66. The Kier molecular flexibility index (Phi) is 4.76. The Morgan fingerprint density at radius 3 is 2.13 bits per heavy atom. The number of anilines is 1. The van der Waals surface area contributed by atoms with Crippen molar-refractivity contribution in [3.63, 3.8) is 0 Å². The van der Waals surface area contributed by atoms with Gasteiger partial charge in [-0.25, -0.2) is 21.5 Å². The molecule has 122 valence electrons. The SMILES string of the molecule is CN(C)S(=O)(=O)c1ccc(NC(=O)c2ccc(F)c(F)c2)cc1. The zero-order chi connectivity index (χ0) is 17.2. The van der Waals surface area contributed by atoms with Crippen LogP contribution in [-0.4, -0.2) is 32.7 Å². The van der Waals surface area contributed by atoms with Crippen molar-refractivity contribution in [2.45, 2.75) is 4.90 Å². The van der Waals surface area contributed by atoms with Crippen molar-refractivity contribution in [1.29, 1.82) is 0 Å². The smallest absolute Gasteiger partial charge is 0.255 e. The van der Waals surface area contributed by atoms with E-state index in [2.05, 4.69) is 5.32 Å². The van der Waals surface area contributed by atoms with Gasteiger partial charge >= 0.3 is 0 Å². The van der Waals surface area contributed by atoms with Gasteiger partial charge in [-0.2, -0.15) is 0 Å². The van der Waals surface area contributed by atoms with E-state index in [4.69, 9.17) is 0 Å². The number of hydrogen-bond acceptors (Lipinski definition) is 3. The average Bonchev–Trinajstić information content (AvgIpc) is 2.50. The minimum atomic E-state index is -3.56. The van der Waals surface area contributed by atoms with Gasteiger partial charge in [0.25, 0.3) is 5.91 Å². The van der Waals surface area contributed by atoms with Crippen molar-refractivity contribution in [3.8, 4) is 0 Å². The van der Waals surface area contributed by atoms with Crippen LogP contribution in [0.15, 0.2) is 47.4 Å². The van der Waals surface area contributed by atoms with Crippen molar-refractivity contribution in [2.24, 2.45) is 0 Å². The molecule has 0 aliphatic rings. The number of rotatable bonds is 4. The zero-order valence-electron chi connectivity index (χ0n) is 12.4. The highest BCUT2D eigenvalue weighted by molar-refractivity contribution is 7.89. The fourth-order valence-electron chi connectivity index (χ4n) is 1.76. The summed E-state index contributed by atoms with van der Waals surface area (Å²) in [5, 5.41) is 2.48. The Morgan fingerprint density at radius 1 is 1.00 bits per heavy atom. The van der Waals surface area contributed by atoms with Crippen LogP contribution in [0, 0.1) is 11.6 Å². The summed E-state index contributed by atoms with van der Waals surface area (Å²) in [5.74, 6) is -2.79. The van der Waals surface area contributed by atoms with Gasteiger partial charge in [0, 0.05) is 25.3 Å². The molecule has 0 saturated heterocycles. The molecule has 0 aromatic heterocycles. The number of sulfonamides is 1. The first-order chi connectivity index (χ1) is 10.7. The molecule has 2 aromatic rings. The lowest BCUT2D eigenvalue weighted by atomic mass is 10.2. The first-order valence-electron chi connectivity index (χ1n) is 6.51. The van der Waals surface area contributed by atoms with Crippen LogP contribution in [0.25, 0.3) is 0 Å². The summed E-state index contributed by atoms with van der Waals surface area (Å²) in [6.07, 6.45) is 0. The molecule has 8 heteroatoms. The molecule has 0 fully saturated rings. The summed E-state index contributed by atoms with van der Waals surface area (Å²) in [4.78, 5) is 12.0. The van der Waals surface area contributed by atoms with E-state index >= 15 is 0 Å². The van der Waals surface area contributed by atoms with Gasteiger partial charge in [0.05, 0.1) is 4.90 Å². The van der Waals surface area contributed by atoms with Crippen molar-refractivity contribution >= 4 is 21.6 Å². The minimum Gasteiger partial charge on any atom is -0.322 e. The first-order valence-corrected chi connectivity index (χ1v) is 7.95. The Bertz CT molecular complexity index is 834. The van der Waals surface area contributed by atoms with Crippen LogP contribution in [-0.2, 0) is 10.0 Å². The van der Waals surface area contributed by atoms with E-state index in [0.717, 1.165) is 22.5 Å². The molecule has 23 heavy (non-hydrogen) atoms. The Hall–Kier alpha value is -2.32. The van der Waals surface area contributed by atoms with E-state index in [-0.39, 0.29) is 10.5 Å². The number of carbonyl (C=O) groups is 1. The van der Waals surface area contributed by atoms with E-state index in [9.17, 15) is 22.0 Å². The maximum absolute atomic E-state index is 13.1. The van der Waals surface area contributed by atoms with Crippen LogP contribution in [0.3, 0.4) is 0 Å². The number of benzene rings is 2. The van der Waals surface area contributed by atoms with Gasteiger partial charge in [-0.05, 0) is 42.5 Å². The first kappa shape index (κ1) is 17.0. The Labute approximate surface area is 132 Å². The molecular formula is C15H14F2N2O3S. The van der Waals surface area contributed by atoms with E-state index in [1.54, 1.807) is 0 Å². The Morgan fingerprint density at radius 2 is 1.61 bits per heavy atom. The molecular weight excluding hydrogens is 326 g/mol. The lowest BCUT2D eigenvalue weighted by molar-refractivity contribution is 0.102. The third-order valence-corrected chi connectivity index (χ3v) is 4.90. The summed E-state index contributed by atoms with van der Waals surface area (Å²) in [6.45, 7) is 0. The molecule has 5 nitrogen and oxygen atoms in total. The predicted molar refractivity (Wildman–Crippen MR) is 81.6 cm³/mol. The monoisotopic (exact) mass is 340 g/mol. The molecule has 2 rings (SSSR count). The van der Waals surface area contributed by atoms with Crippen molar-refractivity contribution in [2.75, 3.05) is 19.4 Å². The normalized spacial score (nSPS) is 11.5. The molecule has 0 unspecified atom stereocenters. The number of amides is 1. The number of hydrogen-bond donors (Lipinski definition) is 1. The highest BCUT2D eigenvalue weighted by Gasteiger charge is 2.17. The second-order valence-electron chi connectivity index (χ2n) is 4.89. The average molecular weight is 340 g/mol. The number of carbonyl (C=O) groups excluding carboxylic acids is 1. The van der Waals surface area contributed by atoms with Crippen LogP contribution in [0.4, 0.5) is 14.5 Å². The molecule has 0 heterocycles. The third kappa shape index (κ3) is 3.72. The van der Waals surface area contributed by atoms with Gasteiger partial charge < -0.3 is 5.32 Å². The van der Waals surface area contributed by atoms with E-state index in [1.807, 2.05) is 0 Å². The molecule has 0 aliphatic carbocycles. The Balaban J connectivity index is 2.18. The van der Waals surface area contributed by atoms with Gasteiger partial charge in [-0.15, -0.1) is 0 Å². The van der Waals surface area contributed by atoms with Crippen LogP contribution >= 0.6 is 0 Å². The van der Waals surface area contributed by atoms with Crippen LogP contribution in [0.1, 0.15) is 10.4 Å². The molecule has 0 spiro atoms. The van der Waals surface area contributed by atoms with Crippen molar-refractivity contribution in [3.05, 3.63) is 59.7 Å². The second-order valence-corrected chi connectivity index (χ2v) is 7.05. The molecule has 0 bridgehead atoms. The van der Waals surface area contributed by atoms with Gasteiger partial charge in [0.15, 0.2) is 11.6 Å². The third-order valence-electron chi connectivity index (χ3n) is 3.07. The van der Waals surface area contributed by atoms with Gasteiger partial charge in [-0.3, -0.25) is 4.79 Å². The van der Waals surface area contributed by atoms with Crippen LogP contribution < -0.4 is 5.32 Å². The molecule has 1 amide bonds. The molecule has 0 atom stereocenters. The van der Waals surface area contributed by atoms with E-state index in [1.165, 1.54) is 38.4 Å². The van der Waals surface area contributed by atoms with E-state index in [0.29, 0.717) is 5.69 Å². The number of halogens is 2. The molecule has 1 N–H and O–H groups in total. The lowest BCUT2D eigenvalue weighted by Gasteiger charge is -2.12. The van der Waals surface area contributed by atoms with Crippen molar-refractivity contribution in [1.82, 2.24) is 4.31 Å². The maximum Gasteiger partial charge on any atom is 0.255 e. The second kappa shape index (κ2) is 6.43. The molecule has 0 saturated carbocycles. The summed E-state index contributed by atoms with van der Waals surface area (Å²) in [7, 11) is -0.734. The van der Waals surface area contributed by atoms with Gasteiger partial charge in [0.1, 0.15) is 0 Å². The summed E-state index contributed by atoms with van der Waals surface area (Å²) in [5.41, 5.74) is 0.284. The maximum atomic E-state index is 13.1. The van der Waals surface area contributed by atoms with Crippen LogP contribution in [0.2, 0.25) is 0 Å². The van der Waals surface area contributed by atoms with E-state index < -0.39 is 27.6 Å². The fraction of sp³-hybridized carbons (Fsp3) is 0.133. The highest BCUT2D eigenvalue weighted by Crippen LogP contribution is 2.17. The number of nitrogens with zero attached hydrogens (tertiary/aromatic N) is 1. The summed E-state index contributed by atoms with van der Waals surface area (Å²) in [6, 6.07) is 8.31.